The number of nitrogens with zero attached hydrogens (tertiary/aromatic N) is 2. The van der Waals surface area contributed by atoms with E-state index in [1.807, 2.05) is 45.0 Å². The van der Waals surface area contributed by atoms with Crippen LogP contribution in [0.2, 0.25) is 0 Å². The van der Waals surface area contributed by atoms with Gasteiger partial charge < -0.3 is 20.9 Å². The zero-order valence-corrected chi connectivity index (χ0v) is 19.6. The normalized spacial score (nSPS) is 16.0. The van der Waals surface area contributed by atoms with Gasteiger partial charge in [-0.05, 0) is 28.7 Å². The average Bonchev–Trinajstić information content (AvgIpc) is 3.20. The number of hydrogen-bond donors (Lipinski definition) is 2. The van der Waals surface area contributed by atoms with E-state index in [2.05, 4.69) is 5.32 Å². The molecule has 1 fully saturated rings. The fraction of sp³-hybridized carbons (Fsp3) is 0.400. The third kappa shape index (κ3) is 6.17. The molecule has 9 heteroatoms. The van der Waals surface area contributed by atoms with Crippen molar-refractivity contribution in [2.24, 2.45) is 11.1 Å². The number of halogens is 2. The number of amides is 3. The van der Waals surface area contributed by atoms with Crippen molar-refractivity contribution in [3.8, 4) is 0 Å². The van der Waals surface area contributed by atoms with Crippen LogP contribution in [0.4, 0.5) is 8.78 Å². The molecule has 1 aliphatic heterocycles. The third-order valence-electron chi connectivity index (χ3n) is 5.47. The lowest BCUT2D eigenvalue weighted by molar-refractivity contribution is -0.142. The maximum Gasteiger partial charge on any atom is 0.264 e. The highest BCUT2D eigenvalue weighted by Gasteiger charge is 2.43. The van der Waals surface area contributed by atoms with Gasteiger partial charge in [0.05, 0.1) is 0 Å². The van der Waals surface area contributed by atoms with Gasteiger partial charge in [-0.25, -0.2) is 8.78 Å². The van der Waals surface area contributed by atoms with Crippen molar-refractivity contribution in [3.63, 3.8) is 0 Å². The number of hydrogen-bond acceptors (Lipinski definition) is 4. The highest BCUT2D eigenvalue weighted by Crippen LogP contribution is 2.25. The largest absolute Gasteiger partial charge is 0.349 e. The topological polar surface area (TPSA) is 95.7 Å². The first-order valence-electron chi connectivity index (χ1n) is 11.1. The van der Waals surface area contributed by atoms with Crippen LogP contribution >= 0.6 is 0 Å². The van der Waals surface area contributed by atoms with E-state index in [0.29, 0.717) is 12.6 Å². The molecule has 3 N–H and O–H groups in total. The summed E-state index contributed by atoms with van der Waals surface area (Å²) < 4.78 is 27.5. The predicted octanol–water partition coefficient (Wildman–Crippen LogP) is 2.79. The lowest BCUT2D eigenvalue weighted by atomic mass is 9.91. The monoisotopic (exact) mass is 472 g/mol. The van der Waals surface area contributed by atoms with Crippen molar-refractivity contribution in [2.45, 2.75) is 46.4 Å². The molecular weight excluding hydrogens is 442 g/mol. The number of nitrogens with two attached hydrogens (primary N) is 1. The average molecular weight is 473 g/mol. The third-order valence-corrected chi connectivity index (χ3v) is 5.47. The van der Waals surface area contributed by atoms with Crippen molar-refractivity contribution < 1.29 is 23.2 Å². The molecule has 0 aromatic heterocycles. The fourth-order valence-corrected chi connectivity index (χ4v) is 3.93. The highest BCUT2D eigenvalue weighted by atomic mass is 19.1. The summed E-state index contributed by atoms with van der Waals surface area (Å²) in [6.45, 7) is 6.43. The molecule has 7 nitrogen and oxygen atoms in total. The first kappa shape index (κ1) is 25.3. The van der Waals surface area contributed by atoms with Crippen molar-refractivity contribution in [2.75, 3.05) is 13.1 Å². The van der Waals surface area contributed by atoms with Crippen molar-refractivity contribution >= 4 is 17.7 Å². The Balaban J connectivity index is 1.86. The first-order valence-corrected chi connectivity index (χ1v) is 11.1. The van der Waals surface area contributed by atoms with Crippen LogP contribution in [0.5, 0.6) is 0 Å². The zero-order valence-electron chi connectivity index (χ0n) is 19.6. The Morgan fingerprint density at radius 3 is 2.24 bits per heavy atom. The van der Waals surface area contributed by atoms with Crippen molar-refractivity contribution in [1.29, 1.82) is 0 Å². The maximum absolute atomic E-state index is 13.7. The molecule has 3 rings (SSSR count). The van der Waals surface area contributed by atoms with Gasteiger partial charge >= 0.3 is 0 Å². The van der Waals surface area contributed by atoms with Gasteiger partial charge in [-0.1, -0.05) is 45.0 Å². The Labute approximate surface area is 197 Å². The number of benzene rings is 2. The standard InChI is InChI=1S/C25H30F2N4O3/c1-25(2,3)13-21(32)30-7-8-31(24(34)18-10-19(26)12-20(27)11-18)23(30)22(33)29-15-17-6-4-5-16(9-17)14-28/h4-6,9-12,23H,7-8,13-15,28H2,1-3H3,(H,29,33). The van der Waals surface area contributed by atoms with Gasteiger partial charge in [-0.2, -0.15) is 0 Å². The van der Waals surface area contributed by atoms with Gasteiger partial charge in [-0.3, -0.25) is 14.4 Å². The van der Waals surface area contributed by atoms with Crippen LogP contribution in [0.25, 0.3) is 0 Å². The Morgan fingerprint density at radius 2 is 1.62 bits per heavy atom. The quantitative estimate of drug-likeness (QED) is 0.676. The Bertz CT molecular complexity index is 1060. The van der Waals surface area contributed by atoms with Crippen LogP contribution in [0, 0.1) is 17.0 Å². The highest BCUT2D eigenvalue weighted by molar-refractivity contribution is 5.99. The van der Waals surface area contributed by atoms with Crippen LogP contribution in [0.1, 0.15) is 48.7 Å². The summed E-state index contributed by atoms with van der Waals surface area (Å²) in [6, 6.07) is 9.88. The smallest absolute Gasteiger partial charge is 0.264 e. The number of rotatable bonds is 6. The minimum absolute atomic E-state index is 0.0631. The summed E-state index contributed by atoms with van der Waals surface area (Å²) in [4.78, 5) is 42.0. The molecule has 2 aromatic rings. The summed E-state index contributed by atoms with van der Waals surface area (Å²) in [6.07, 6.45) is -1.06. The van der Waals surface area contributed by atoms with E-state index in [1.54, 1.807) is 0 Å². The van der Waals surface area contributed by atoms with Crippen LogP contribution in [-0.2, 0) is 22.7 Å². The van der Waals surface area contributed by atoms with Gasteiger partial charge in [0.15, 0.2) is 6.17 Å². The van der Waals surface area contributed by atoms with Crippen molar-refractivity contribution in [3.05, 3.63) is 70.8 Å². The fourth-order valence-electron chi connectivity index (χ4n) is 3.93. The lowest BCUT2D eigenvalue weighted by Crippen LogP contribution is -2.54. The Hall–Kier alpha value is -3.33. The summed E-state index contributed by atoms with van der Waals surface area (Å²) in [5, 5.41) is 2.78. The molecule has 0 saturated carbocycles. The predicted molar refractivity (Wildman–Crippen MR) is 123 cm³/mol. The molecule has 3 amide bonds. The second kappa shape index (κ2) is 10.3. The molecule has 1 aliphatic rings. The van der Waals surface area contributed by atoms with Crippen LogP contribution in [0.15, 0.2) is 42.5 Å². The number of nitrogens with one attached hydrogen (secondary N) is 1. The summed E-state index contributed by atoms with van der Waals surface area (Å²) >= 11 is 0. The van der Waals surface area contributed by atoms with Crippen LogP contribution < -0.4 is 11.1 Å². The van der Waals surface area contributed by atoms with Crippen molar-refractivity contribution in [1.82, 2.24) is 15.1 Å². The first-order chi connectivity index (χ1) is 16.0. The van der Waals surface area contributed by atoms with E-state index < -0.39 is 29.6 Å². The molecule has 0 aliphatic carbocycles. The van der Waals surface area contributed by atoms with E-state index in [1.165, 1.54) is 9.80 Å². The van der Waals surface area contributed by atoms with E-state index >= 15 is 0 Å². The summed E-state index contributed by atoms with van der Waals surface area (Å²) in [7, 11) is 0. The molecule has 0 spiro atoms. The van der Waals surface area contributed by atoms with Gasteiger partial charge in [0.1, 0.15) is 11.6 Å². The van der Waals surface area contributed by atoms with E-state index in [-0.39, 0.29) is 42.9 Å². The molecule has 2 aromatic carbocycles. The zero-order chi connectivity index (χ0) is 25.0. The van der Waals surface area contributed by atoms with E-state index in [4.69, 9.17) is 5.73 Å². The Kier molecular flexibility index (Phi) is 7.66. The second-order valence-electron chi connectivity index (χ2n) is 9.60. The molecule has 1 atom stereocenters. The molecule has 1 heterocycles. The molecule has 34 heavy (non-hydrogen) atoms. The molecule has 0 radical (unpaired) electrons. The van der Waals surface area contributed by atoms with E-state index in [0.717, 1.165) is 23.3 Å². The number of carbonyl (C=O) groups excluding carboxylic acids is 3. The molecular formula is C25H30F2N4O3. The molecule has 182 valence electrons. The van der Waals surface area contributed by atoms with Gasteiger partial charge in [0.25, 0.3) is 11.8 Å². The Morgan fingerprint density at radius 1 is 1.00 bits per heavy atom. The van der Waals surface area contributed by atoms with Crippen LogP contribution in [-0.4, -0.2) is 46.8 Å². The lowest BCUT2D eigenvalue weighted by Gasteiger charge is -2.31. The SMILES string of the molecule is CC(C)(C)CC(=O)N1CCN(C(=O)c2cc(F)cc(F)c2)C1C(=O)NCc1cccc(CN)c1. The second-order valence-corrected chi connectivity index (χ2v) is 9.60. The minimum Gasteiger partial charge on any atom is -0.349 e. The van der Waals surface area contributed by atoms with Gasteiger partial charge in [0, 0.05) is 44.2 Å². The minimum atomic E-state index is -1.23. The maximum atomic E-state index is 13.7. The van der Waals surface area contributed by atoms with Gasteiger partial charge in [-0.15, -0.1) is 0 Å². The molecule has 0 bridgehead atoms. The summed E-state index contributed by atoms with van der Waals surface area (Å²) in [5.74, 6) is -3.36. The molecule has 1 unspecified atom stereocenters. The van der Waals surface area contributed by atoms with E-state index in [9.17, 15) is 23.2 Å². The molecule has 1 saturated heterocycles. The number of carbonyl (C=O) groups is 3. The van der Waals surface area contributed by atoms with Gasteiger partial charge in [0.2, 0.25) is 5.91 Å². The summed E-state index contributed by atoms with van der Waals surface area (Å²) in [5.41, 5.74) is 6.83. The van der Waals surface area contributed by atoms with Crippen LogP contribution in [0.3, 0.4) is 0 Å².